The van der Waals surface area contributed by atoms with E-state index in [1.54, 1.807) is 24.4 Å². The van der Waals surface area contributed by atoms with Gasteiger partial charge in [-0.2, -0.15) is 0 Å². The second kappa shape index (κ2) is 3.79. The third-order valence-electron chi connectivity index (χ3n) is 2.13. The second-order valence-corrected chi connectivity index (χ2v) is 3.58. The van der Waals surface area contributed by atoms with Crippen LogP contribution >= 0.6 is 11.6 Å². The van der Waals surface area contributed by atoms with E-state index >= 15 is 0 Å². The highest BCUT2D eigenvalue weighted by Gasteiger charge is 2.09. The quantitative estimate of drug-likeness (QED) is 0.803. The number of benzene rings is 1. The maximum atomic E-state index is 11.2. The molecule has 0 aliphatic heterocycles. The Hall–Kier alpha value is -1.74. The van der Waals surface area contributed by atoms with E-state index in [1.807, 2.05) is 12.1 Å². The van der Waals surface area contributed by atoms with Gasteiger partial charge in [0.2, 0.25) is 5.91 Å². The number of halogens is 1. The third kappa shape index (κ3) is 1.87. The van der Waals surface area contributed by atoms with E-state index in [0.717, 1.165) is 11.3 Å². The van der Waals surface area contributed by atoms with Crippen LogP contribution in [-0.4, -0.2) is 10.9 Å². The van der Waals surface area contributed by atoms with Crippen molar-refractivity contribution in [3.05, 3.63) is 47.1 Å². The minimum absolute atomic E-state index is 0.448. The minimum Gasteiger partial charge on any atom is -0.366 e. The van der Waals surface area contributed by atoms with Crippen LogP contribution in [-0.2, 0) is 0 Å². The summed E-state index contributed by atoms with van der Waals surface area (Å²) in [5.74, 6) is -0.448. The molecule has 76 valence electrons. The van der Waals surface area contributed by atoms with E-state index in [1.165, 1.54) is 0 Å². The van der Waals surface area contributed by atoms with Crippen LogP contribution in [0, 0.1) is 0 Å². The number of rotatable bonds is 2. The Balaban J connectivity index is 2.57. The van der Waals surface area contributed by atoms with E-state index in [-0.39, 0.29) is 0 Å². The zero-order chi connectivity index (χ0) is 10.8. The second-order valence-electron chi connectivity index (χ2n) is 3.14. The highest BCUT2D eigenvalue weighted by molar-refractivity contribution is 6.30. The number of amides is 1. The van der Waals surface area contributed by atoms with Gasteiger partial charge in [-0.05, 0) is 12.1 Å². The fourth-order valence-electron chi connectivity index (χ4n) is 1.46. The van der Waals surface area contributed by atoms with Crippen molar-refractivity contribution in [3.8, 4) is 11.3 Å². The Morgan fingerprint density at radius 1 is 1.33 bits per heavy atom. The van der Waals surface area contributed by atoms with Gasteiger partial charge in [-0.15, -0.1) is 0 Å². The van der Waals surface area contributed by atoms with E-state index in [2.05, 4.69) is 4.98 Å². The molecule has 1 aromatic heterocycles. The standard InChI is InChI=1S/C11H9ClN2O/c12-7-5-10(14-6-7)8-3-1-2-4-9(8)11(13)15/h1-6,14H,(H2,13,15). The van der Waals surface area contributed by atoms with Crippen molar-refractivity contribution >= 4 is 17.5 Å². The normalized spacial score (nSPS) is 10.2. The molecule has 15 heavy (non-hydrogen) atoms. The number of H-pyrrole nitrogens is 1. The summed E-state index contributed by atoms with van der Waals surface area (Å²) in [6.45, 7) is 0. The summed E-state index contributed by atoms with van der Waals surface area (Å²) >= 11 is 5.79. The van der Waals surface area contributed by atoms with E-state index in [4.69, 9.17) is 17.3 Å². The monoisotopic (exact) mass is 220 g/mol. The maximum absolute atomic E-state index is 11.2. The predicted molar refractivity (Wildman–Crippen MR) is 59.8 cm³/mol. The number of aromatic nitrogens is 1. The van der Waals surface area contributed by atoms with Crippen LogP contribution in [0.2, 0.25) is 5.02 Å². The number of hydrogen-bond acceptors (Lipinski definition) is 1. The summed E-state index contributed by atoms with van der Waals surface area (Å²) in [5.41, 5.74) is 7.30. The Bertz CT molecular complexity index is 505. The van der Waals surface area contributed by atoms with Gasteiger partial charge in [-0.25, -0.2) is 0 Å². The fourth-order valence-corrected chi connectivity index (χ4v) is 1.62. The van der Waals surface area contributed by atoms with Crippen LogP contribution in [0.5, 0.6) is 0 Å². The maximum Gasteiger partial charge on any atom is 0.249 e. The van der Waals surface area contributed by atoms with Crippen molar-refractivity contribution in [2.75, 3.05) is 0 Å². The summed E-state index contributed by atoms with van der Waals surface area (Å²) in [5, 5.41) is 0.601. The number of aromatic amines is 1. The summed E-state index contributed by atoms with van der Waals surface area (Å²) in [6.07, 6.45) is 1.66. The third-order valence-corrected chi connectivity index (χ3v) is 2.35. The number of carbonyl (C=O) groups excluding carboxylic acids is 1. The SMILES string of the molecule is NC(=O)c1ccccc1-c1cc(Cl)c[nH]1. The van der Waals surface area contributed by atoms with Gasteiger partial charge >= 0.3 is 0 Å². The molecule has 1 heterocycles. The van der Waals surface area contributed by atoms with Crippen molar-refractivity contribution in [1.82, 2.24) is 4.98 Å². The topological polar surface area (TPSA) is 58.9 Å². The van der Waals surface area contributed by atoms with Crippen LogP contribution in [0.4, 0.5) is 0 Å². The van der Waals surface area contributed by atoms with Crippen LogP contribution in [0.3, 0.4) is 0 Å². The van der Waals surface area contributed by atoms with Gasteiger partial charge in [0, 0.05) is 23.0 Å². The molecule has 0 saturated carbocycles. The lowest BCUT2D eigenvalue weighted by atomic mass is 10.0. The van der Waals surface area contributed by atoms with Crippen molar-refractivity contribution in [2.45, 2.75) is 0 Å². The number of carbonyl (C=O) groups is 1. The predicted octanol–water partition coefficient (Wildman–Crippen LogP) is 2.43. The first-order valence-electron chi connectivity index (χ1n) is 4.41. The van der Waals surface area contributed by atoms with Gasteiger partial charge in [0.15, 0.2) is 0 Å². The lowest BCUT2D eigenvalue weighted by molar-refractivity contribution is 0.100. The molecule has 2 aromatic rings. The number of nitrogens with two attached hydrogens (primary N) is 1. The van der Waals surface area contributed by atoms with Crippen LogP contribution in [0.25, 0.3) is 11.3 Å². The van der Waals surface area contributed by atoms with Crippen LogP contribution in [0.1, 0.15) is 10.4 Å². The average Bonchev–Trinajstić information content (AvgIpc) is 2.65. The molecule has 0 radical (unpaired) electrons. The molecule has 3 nitrogen and oxygen atoms in total. The van der Waals surface area contributed by atoms with Gasteiger partial charge in [0.05, 0.1) is 5.02 Å². The molecule has 0 atom stereocenters. The van der Waals surface area contributed by atoms with E-state index in [9.17, 15) is 4.79 Å². The lowest BCUT2D eigenvalue weighted by Gasteiger charge is -2.03. The largest absolute Gasteiger partial charge is 0.366 e. The Kier molecular flexibility index (Phi) is 2.47. The summed E-state index contributed by atoms with van der Waals surface area (Å²) < 4.78 is 0. The highest BCUT2D eigenvalue weighted by atomic mass is 35.5. The summed E-state index contributed by atoms with van der Waals surface area (Å²) in [4.78, 5) is 14.2. The number of primary amides is 1. The molecule has 1 aromatic carbocycles. The average molecular weight is 221 g/mol. The van der Waals surface area contributed by atoms with Gasteiger partial charge < -0.3 is 10.7 Å². The van der Waals surface area contributed by atoms with Crippen molar-refractivity contribution in [1.29, 1.82) is 0 Å². The van der Waals surface area contributed by atoms with Crippen molar-refractivity contribution in [2.24, 2.45) is 5.73 Å². The minimum atomic E-state index is -0.448. The van der Waals surface area contributed by atoms with Gasteiger partial charge in [0.25, 0.3) is 0 Å². The van der Waals surface area contributed by atoms with Gasteiger partial charge in [-0.1, -0.05) is 29.8 Å². The van der Waals surface area contributed by atoms with Crippen LogP contribution < -0.4 is 5.73 Å². The van der Waals surface area contributed by atoms with Crippen LogP contribution in [0.15, 0.2) is 36.5 Å². The zero-order valence-electron chi connectivity index (χ0n) is 7.83. The first-order valence-corrected chi connectivity index (χ1v) is 4.79. The highest BCUT2D eigenvalue weighted by Crippen LogP contribution is 2.24. The first kappa shape index (κ1) is 9.80. The molecule has 3 N–H and O–H groups in total. The van der Waals surface area contributed by atoms with Crippen molar-refractivity contribution in [3.63, 3.8) is 0 Å². The fraction of sp³-hybridized carbons (Fsp3) is 0. The zero-order valence-corrected chi connectivity index (χ0v) is 8.58. The lowest BCUT2D eigenvalue weighted by Crippen LogP contribution is -2.12. The van der Waals surface area contributed by atoms with Gasteiger partial charge in [0.1, 0.15) is 0 Å². The molecular formula is C11H9ClN2O. The molecule has 4 heteroatoms. The number of hydrogen-bond donors (Lipinski definition) is 2. The molecule has 0 fully saturated rings. The molecule has 0 unspecified atom stereocenters. The van der Waals surface area contributed by atoms with Gasteiger partial charge in [-0.3, -0.25) is 4.79 Å². The Morgan fingerprint density at radius 2 is 2.07 bits per heavy atom. The van der Waals surface area contributed by atoms with E-state index < -0.39 is 5.91 Å². The Labute approximate surface area is 91.9 Å². The molecule has 0 aliphatic carbocycles. The molecule has 0 spiro atoms. The summed E-state index contributed by atoms with van der Waals surface area (Å²) in [7, 11) is 0. The molecule has 1 amide bonds. The molecule has 0 bridgehead atoms. The summed E-state index contributed by atoms with van der Waals surface area (Å²) in [6, 6.07) is 8.88. The molecule has 0 saturated heterocycles. The Morgan fingerprint density at radius 3 is 2.67 bits per heavy atom. The smallest absolute Gasteiger partial charge is 0.249 e. The first-order chi connectivity index (χ1) is 7.18. The van der Waals surface area contributed by atoms with E-state index in [0.29, 0.717) is 10.6 Å². The number of nitrogens with one attached hydrogen (secondary N) is 1. The van der Waals surface area contributed by atoms with Crippen molar-refractivity contribution < 1.29 is 4.79 Å². The molecule has 2 rings (SSSR count). The molecular weight excluding hydrogens is 212 g/mol. The molecule has 0 aliphatic rings.